The summed E-state index contributed by atoms with van der Waals surface area (Å²) in [5, 5.41) is 0. The highest BCUT2D eigenvalue weighted by molar-refractivity contribution is 5.60. The zero-order valence-corrected chi connectivity index (χ0v) is 8.51. The normalized spacial score (nSPS) is 11.5. The third-order valence-corrected chi connectivity index (χ3v) is 1.92. The Morgan fingerprint density at radius 1 is 1.56 bits per heavy atom. The number of hydrogen-bond acceptors (Lipinski definition) is 4. The molecule has 1 aromatic rings. The number of nitrogen functional groups attached to an aromatic ring is 1. The van der Waals surface area contributed by atoms with Crippen LogP contribution in [0.25, 0.3) is 0 Å². The second kappa shape index (κ2) is 4.42. The minimum atomic E-state index is -4.37. The molecule has 0 aromatic carbocycles. The molecule has 8 heteroatoms. The lowest BCUT2D eigenvalue weighted by atomic mass is 10.4. The summed E-state index contributed by atoms with van der Waals surface area (Å²) in [6.45, 7) is 0.387. The van der Waals surface area contributed by atoms with Crippen molar-refractivity contribution < 1.29 is 13.2 Å². The molecule has 16 heavy (non-hydrogen) atoms. The number of aromatic nitrogens is 2. The second-order valence-electron chi connectivity index (χ2n) is 3.10. The van der Waals surface area contributed by atoms with Crippen molar-refractivity contribution in [1.82, 2.24) is 9.97 Å². The molecule has 1 aromatic heterocycles. The van der Waals surface area contributed by atoms with Crippen molar-refractivity contribution in [2.24, 2.45) is 0 Å². The molecule has 1 heterocycles. The number of nitrogens with zero attached hydrogens (tertiary/aromatic N) is 2. The highest BCUT2D eigenvalue weighted by Crippen LogP contribution is 2.22. The molecule has 0 unspecified atom stereocenters. The van der Waals surface area contributed by atoms with E-state index in [2.05, 4.69) is 9.97 Å². The van der Waals surface area contributed by atoms with Gasteiger partial charge in [-0.15, -0.1) is 0 Å². The molecular weight excluding hydrogens is 225 g/mol. The fourth-order valence-corrected chi connectivity index (χ4v) is 1.21. The minimum Gasteiger partial charge on any atom is -0.391 e. The maximum absolute atomic E-state index is 12.2. The number of halogens is 3. The van der Waals surface area contributed by atoms with E-state index in [-0.39, 0.29) is 18.1 Å². The van der Waals surface area contributed by atoms with Crippen molar-refractivity contribution in [3.05, 3.63) is 16.7 Å². The smallest absolute Gasteiger partial charge is 0.391 e. The van der Waals surface area contributed by atoms with Crippen molar-refractivity contribution in [3.8, 4) is 0 Å². The fourth-order valence-electron chi connectivity index (χ4n) is 1.21. The molecule has 3 N–H and O–H groups in total. The van der Waals surface area contributed by atoms with Gasteiger partial charge in [-0.05, 0) is 6.92 Å². The highest BCUT2D eigenvalue weighted by atomic mass is 19.4. The summed E-state index contributed by atoms with van der Waals surface area (Å²) in [6.07, 6.45) is -3.35. The SMILES string of the molecule is CCN(CC(F)(F)F)c1nc[nH]c(=O)c1N. The van der Waals surface area contributed by atoms with E-state index in [0.717, 1.165) is 11.2 Å². The summed E-state index contributed by atoms with van der Waals surface area (Å²) in [7, 11) is 0. The first-order chi connectivity index (χ1) is 7.35. The first-order valence-electron chi connectivity index (χ1n) is 4.50. The van der Waals surface area contributed by atoms with Crippen LogP contribution in [0.5, 0.6) is 0 Å². The third-order valence-electron chi connectivity index (χ3n) is 1.92. The highest BCUT2D eigenvalue weighted by Gasteiger charge is 2.31. The summed E-state index contributed by atoms with van der Waals surface area (Å²) < 4.78 is 36.6. The molecule has 0 aliphatic rings. The van der Waals surface area contributed by atoms with E-state index in [9.17, 15) is 18.0 Å². The Morgan fingerprint density at radius 2 is 2.19 bits per heavy atom. The van der Waals surface area contributed by atoms with Gasteiger partial charge in [0.15, 0.2) is 5.82 Å². The van der Waals surface area contributed by atoms with Crippen LogP contribution in [0.4, 0.5) is 24.7 Å². The molecule has 0 spiro atoms. The quantitative estimate of drug-likeness (QED) is 0.811. The molecule has 0 radical (unpaired) electrons. The summed E-state index contributed by atoms with van der Waals surface area (Å²) in [4.78, 5) is 17.8. The van der Waals surface area contributed by atoms with E-state index in [0.29, 0.717) is 0 Å². The number of nitrogens with two attached hydrogens (primary N) is 1. The number of rotatable bonds is 3. The molecule has 1 rings (SSSR count). The lowest BCUT2D eigenvalue weighted by Gasteiger charge is -2.23. The van der Waals surface area contributed by atoms with Crippen molar-refractivity contribution in [2.75, 3.05) is 23.7 Å². The summed E-state index contributed by atoms with van der Waals surface area (Å²) in [5.74, 6) is -0.149. The van der Waals surface area contributed by atoms with Crippen LogP contribution in [-0.4, -0.2) is 29.2 Å². The lowest BCUT2D eigenvalue weighted by molar-refractivity contribution is -0.119. The van der Waals surface area contributed by atoms with E-state index in [1.165, 1.54) is 6.92 Å². The van der Waals surface area contributed by atoms with Crippen molar-refractivity contribution in [2.45, 2.75) is 13.1 Å². The minimum absolute atomic E-state index is 0.0557. The van der Waals surface area contributed by atoms with Crippen molar-refractivity contribution in [1.29, 1.82) is 0 Å². The maximum atomic E-state index is 12.2. The van der Waals surface area contributed by atoms with Gasteiger partial charge in [0.25, 0.3) is 5.56 Å². The van der Waals surface area contributed by atoms with Crippen molar-refractivity contribution in [3.63, 3.8) is 0 Å². The Morgan fingerprint density at radius 3 is 2.69 bits per heavy atom. The summed E-state index contributed by atoms with van der Waals surface area (Å²) in [6, 6.07) is 0. The Hall–Kier alpha value is -1.73. The second-order valence-corrected chi connectivity index (χ2v) is 3.10. The van der Waals surface area contributed by atoms with Gasteiger partial charge in [0.2, 0.25) is 0 Å². The Labute approximate surface area is 89.1 Å². The molecule has 0 amide bonds. The molecule has 0 saturated heterocycles. The van der Waals surface area contributed by atoms with Crippen LogP contribution in [0.2, 0.25) is 0 Å². The summed E-state index contributed by atoms with van der Waals surface area (Å²) >= 11 is 0. The van der Waals surface area contributed by atoms with Crippen LogP contribution in [0.3, 0.4) is 0 Å². The van der Waals surface area contributed by atoms with Gasteiger partial charge < -0.3 is 15.6 Å². The average molecular weight is 236 g/mol. The molecule has 0 fully saturated rings. The van der Waals surface area contributed by atoms with E-state index in [1.807, 2.05) is 0 Å². The molecule has 90 valence electrons. The fraction of sp³-hybridized carbons (Fsp3) is 0.500. The predicted molar refractivity (Wildman–Crippen MR) is 53.2 cm³/mol. The zero-order chi connectivity index (χ0) is 12.3. The molecule has 0 aliphatic carbocycles. The molecular formula is C8H11F3N4O. The van der Waals surface area contributed by atoms with Crippen LogP contribution >= 0.6 is 0 Å². The predicted octanol–water partition coefficient (Wildman–Crippen LogP) is 0.741. The average Bonchev–Trinajstić information content (AvgIpc) is 2.18. The van der Waals surface area contributed by atoms with E-state index in [4.69, 9.17) is 5.73 Å². The van der Waals surface area contributed by atoms with Gasteiger partial charge in [0.05, 0.1) is 6.33 Å². The van der Waals surface area contributed by atoms with Gasteiger partial charge in [-0.3, -0.25) is 4.79 Å². The van der Waals surface area contributed by atoms with Gasteiger partial charge in [0, 0.05) is 6.54 Å². The van der Waals surface area contributed by atoms with Gasteiger partial charge in [-0.2, -0.15) is 13.2 Å². The number of H-pyrrole nitrogens is 1. The number of alkyl halides is 3. The van der Waals surface area contributed by atoms with Crippen LogP contribution in [0.15, 0.2) is 11.1 Å². The lowest BCUT2D eigenvalue weighted by Crippen LogP contribution is -2.36. The van der Waals surface area contributed by atoms with Crippen LogP contribution in [-0.2, 0) is 0 Å². The molecule has 5 nitrogen and oxygen atoms in total. The molecule has 0 bridgehead atoms. The maximum Gasteiger partial charge on any atom is 0.405 e. The van der Waals surface area contributed by atoms with Crippen molar-refractivity contribution >= 4 is 11.5 Å². The Kier molecular flexibility index (Phi) is 3.41. The van der Waals surface area contributed by atoms with Crippen LogP contribution < -0.4 is 16.2 Å². The van der Waals surface area contributed by atoms with E-state index < -0.39 is 18.3 Å². The number of aromatic amines is 1. The van der Waals surface area contributed by atoms with Gasteiger partial charge in [0.1, 0.15) is 12.2 Å². The largest absolute Gasteiger partial charge is 0.405 e. The number of nitrogens with one attached hydrogen (secondary N) is 1. The van der Waals surface area contributed by atoms with Gasteiger partial charge in [-0.1, -0.05) is 0 Å². The molecule has 0 atom stereocenters. The van der Waals surface area contributed by atoms with Gasteiger partial charge >= 0.3 is 6.18 Å². The molecule has 0 aliphatic heterocycles. The van der Waals surface area contributed by atoms with Gasteiger partial charge in [-0.25, -0.2) is 4.98 Å². The Bertz CT molecular complexity index is 414. The number of hydrogen-bond donors (Lipinski definition) is 2. The molecule has 0 saturated carbocycles. The monoisotopic (exact) mass is 236 g/mol. The topological polar surface area (TPSA) is 75.0 Å². The van der Waals surface area contributed by atoms with Crippen LogP contribution in [0.1, 0.15) is 6.92 Å². The third kappa shape index (κ3) is 2.88. The van der Waals surface area contributed by atoms with E-state index >= 15 is 0 Å². The zero-order valence-electron chi connectivity index (χ0n) is 8.51. The summed E-state index contributed by atoms with van der Waals surface area (Å²) in [5.41, 5.74) is 4.40. The number of anilines is 2. The first-order valence-corrected chi connectivity index (χ1v) is 4.50. The first kappa shape index (κ1) is 12.3. The standard InChI is InChI=1S/C8H11F3N4O/c1-2-15(3-8(9,10)11)6-5(12)7(16)14-4-13-6/h4H,2-3,12H2,1H3,(H,13,14,16). The van der Waals surface area contributed by atoms with E-state index in [1.54, 1.807) is 0 Å². The Balaban J connectivity index is 3.05. The van der Waals surface area contributed by atoms with Crippen LogP contribution in [0, 0.1) is 0 Å².